The maximum atomic E-state index is 10.5. The van der Waals surface area contributed by atoms with Crippen molar-refractivity contribution in [1.82, 2.24) is 0 Å². The molecule has 0 spiro atoms. The first kappa shape index (κ1) is 19.1. The lowest BCUT2D eigenvalue weighted by atomic mass is 10.4. The molecule has 0 aliphatic rings. The zero-order chi connectivity index (χ0) is 17.4. The standard InChI is InChI=1S/C16H14O4S4/c17-15(18)9-21-11-1-5-13(6-2-11)23-24-14-7-3-12(4-8-14)22-10-16(19)20/h1-8H,9-10H2,(H,17,18)(H,19,20). The van der Waals surface area contributed by atoms with Crippen molar-refractivity contribution in [3.8, 4) is 0 Å². The van der Waals surface area contributed by atoms with Crippen molar-refractivity contribution in [2.75, 3.05) is 11.5 Å². The molecule has 0 unspecified atom stereocenters. The first-order valence-corrected chi connectivity index (χ1v) is 10.9. The molecular weight excluding hydrogens is 384 g/mol. The number of carbonyl (C=O) groups is 2. The van der Waals surface area contributed by atoms with Gasteiger partial charge in [0, 0.05) is 19.6 Å². The normalized spacial score (nSPS) is 10.5. The van der Waals surface area contributed by atoms with Gasteiger partial charge >= 0.3 is 11.9 Å². The van der Waals surface area contributed by atoms with Crippen LogP contribution in [0.25, 0.3) is 0 Å². The van der Waals surface area contributed by atoms with E-state index in [0.29, 0.717) is 0 Å². The summed E-state index contributed by atoms with van der Waals surface area (Å²) in [5.41, 5.74) is 0. The summed E-state index contributed by atoms with van der Waals surface area (Å²) in [6, 6.07) is 15.6. The third-order valence-corrected chi connectivity index (χ3v) is 7.02. The van der Waals surface area contributed by atoms with Gasteiger partial charge in [0.15, 0.2) is 0 Å². The fraction of sp³-hybridized carbons (Fsp3) is 0.125. The minimum atomic E-state index is -0.820. The molecule has 126 valence electrons. The van der Waals surface area contributed by atoms with E-state index in [1.807, 2.05) is 48.5 Å². The third kappa shape index (κ3) is 7.12. The topological polar surface area (TPSA) is 74.6 Å². The van der Waals surface area contributed by atoms with Crippen molar-refractivity contribution in [3.05, 3.63) is 48.5 Å². The number of benzene rings is 2. The summed E-state index contributed by atoms with van der Waals surface area (Å²) >= 11 is 2.60. The number of carboxylic acids is 2. The maximum absolute atomic E-state index is 10.5. The molecule has 2 rings (SSSR count). The molecule has 0 radical (unpaired) electrons. The zero-order valence-electron chi connectivity index (χ0n) is 12.4. The second kappa shape index (κ2) is 9.93. The summed E-state index contributed by atoms with van der Waals surface area (Å²) < 4.78 is 0. The second-order valence-corrected chi connectivity index (χ2v) is 8.85. The predicted molar refractivity (Wildman–Crippen MR) is 101 cm³/mol. The van der Waals surface area contributed by atoms with E-state index in [0.717, 1.165) is 19.6 Å². The van der Waals surface area contributed by atoms with Gasteiger partial charge in [-0.2, -0.15) is 0 Å². The van der Waals surface area contributed by atoms with E-state index in [2.05, 4.69) is 0 Å². The van der Waals surface area contributed by atoms with Crippen LogP contribution in [0.1, 0.15) is 0 Å². The fourth-order valence-corrected chi connectivity index (χ4v) is 4.74. The minimum absolute atomic E-state index is 0.0630. The molecule has 0 aliphatic carbocycles. The molecule has 8 heteroatoms. The summed E-state index contributed by atoms with van der Waals surface area (Å²) in [5, 5.41) is 17.3. The van der Waals surface area contributed by atoms with Crippen LogP contribution in [0.15, 0.2) is 68.1 Å². The maximum Gasteiger partial charge on any atom is 0.313 e. The molecule has 2 aromatic carbocycles. The van der Waals surface area contributed by atoms with Gasteiger partial charge in [-0.25, -0.2) is 0 Å². The second-order valence-electron chi connectivity index (χ2n) is 4.47. The van der Waals surface area contributed by atoms with Crippen LogP contribution in [-0.2, 0) is 9.59 Å². The molecule has 4 nitrogen and oxygen atoms in total. The van der Waals surface area contributed by atoms with Crippen molar-refractivity contribution in [2.24, 2.45) is 0 Å². The first-order chi connectivity index (χ1) is 11.5. The third-order valence-electron chi connectivity index (χ3n) is 2.61. The van der Waals surface area contributed by atoms with E-state index in [4.69, 9.17) is 10.2 Å². The van der Waals surface area contributed by atoms with Crippen LogP contribution < -0.4 is 0 Å². The smallest absolute Gasteiger partial charge is 0.313 e. The van der Waals surface area contributed by atoms with Gasteiger partial charge in [-0.1, -0.05) is 21.6 Å². The zero-order valence-corrected chi connectivity index (χ0v) is 15.6. The van der Waals surface area contributed by atoms with Crippen LogP contribution in [0.4, 0.5) is 0 Å². The van der Waals surface area contributed by atoms with Gasteiger partial charge in [0.1, 0.15) is 0 Å². The van der Waals surface area contributed by atoms with Crippen LogP contribution in [0.3, 0.4) is 0 Å². The van der Waals surface area contributed by atoms with Crippen molar-refractivity contribution in [2.45, 2.75) is 19.6 Å². The molecule has 2 aromatic rings. The van der Waals surface area contributed by atoms with Crippen molar-refractivity contribution < 1.29 is 19.8 Å². The summed E-state index contributed by atoms with van der Waals surface area (Å²) in [6.07, 6.45) is 0. The van der Waals surface area contributed by atoms with Gasteiger partial charge < -0.3 is 10.2 Å². The number of carboxylic acid groups (broad SMARTS) is 2. The summed E-state index contributed by atoms with van der Waals surface area (Å²) in [4.78, 5) is 25.1. The highest BCUT2D eigenvalue weighted by Crippen LogP contribution is 2.38. The van der Waals surface area contributed by atoms with Gasteiger partial charge in [-0.15, -0.1) is 23.5 Å². The predicted octanol–water partition coefficient (Wildman–Crippen LogP) is 4.84. The number of hydrogen-bond acceptors (Lipinski definition) is 6. The van der Waals surface area contributed by atoms with E-state index >= 15 is 0 Å². The van der Waals surface area contributed by atoms with E-state index < -0.39 is 11.9 Å². The Kier molecular flexibility index (Phi) is 7.90. The SMILES string of the molecule is O=C(O)CSc1ccc(SSc2ccc(SCC(=O)O)cc2)cc1. The van der Waals surface area contributed by atoms with Crippen LogP contribution in [0, 0.1) is 0 Å². The first-order valence-electron chi connectivity index (χ1n) is 6.77. The van der Waals surface area contributed by atoms with E-state index in [1.165, 1.54) is 23.5 Å². The number of hydrogen-bond donors (Lipinski definition) is 2. The number of rotatable bonds is 9. The summed E-state index contributed by atoms with van der Waals surface area (Å²) in [7, 11) is 3.24. The average Bonchev–Trinajstić information content (AvgIpc) is 2.58. The lowest BCUT2D eigenvalue weighted by molar-refractivity contribution is -0.134. The Balaban J connectivity index is 1.82. The Hall–Kier alpha value is -1.22. The van der Waals surface area contributed by atoms with Gasteiger partial charge in [0.05, 0.1) is 11.5 Å². The van der Waals surface area contributed by atoms with Gasteiger partial charge in [-0.3, -0.25) is 9.59 Å². The molecule has 0 heterocycles. The Morgan fingerprint density at radius 3 is 1.21 bits per heavy atom. The van der Waals surface area contributed by atoms with Crippen LogP contribution in [0.2, 0.25) is 0 Å². The van der Waals surface area contributed by atoms with Crippen LogP contribution >= 0.6 is 45.1 Å². The molecule has 24 heavy (non-hydrogen) atoms. The molecular formula is C16H14O4S4. The number of thioether (sulfide) groups is 2. The lowest BCUT2D eigenvalue weighted by Crippen LogP contribution is -1.97. The highest BCUT2D eigenvalue weighted by atomic mass is 33.1. The lowest BCUT2D eigenvalue weighted by Gasteiger charge is -2.04. The van der Waals surface area contributed by atoms with E-state index in [1.54, 1.807) is 21.6 Å². The molecule has 0 aliphatic heterocycles. The molecule has 0 atom stereocenters. The summed E-state index contributed by atoms with van der Waals surface area (Å²) in [5.74, 6) is -1.51. The Labute approximate surface area is 156 Å². The van der Waals surface area contributed by atoms with Crippen molar-refractivity contribution in [3.63, 3.8) is 0 Å². The Bertz CT molecular complexity index is 625. The van der Waals surface area contributed by atoms with Crippen LogP contribution in [0.5, 0.6) is 0 Å². The average molecular weight is 399 g/mol. The molecule has 0 saturated heterocycles. The van der Waals surface area contributed by atoms with Crippen LogP contribution in [-0.4, -0.2) is 33.7 Å². The van der Waals surface area contributed by atoms with Gasteiger partial charge in [-0.05, 0) is 48.5 Å². The number of aliphatic carboxylic acids is 2. The molecule has 2 N–H and O–H groups in total. The van der Waals surface area contributed by atoms with Crippen molar-refractivity contribution >= 4 is 57.1 Å². The Morgan fingerprint density at radius 1 is 0.625 bits per heavy atom. The van der Waals surface area contributed by atoms with E-state index in [-0.39, 0.29) is 11.5 Å². The largest absolute Gasteiger partial charge is 0.481 e. The van der Waals surface area contributed by atoms with Gasteiger partial charge in [0.25, 0.3) is 0 Å². The molecule has 0 amide bonds. The fourth-order valence-electron chi connectivity index (χ4n) is 1.57. The molecule has 0 bridgehead atoms. The van der Waals surface area contributed by atoms with Gasteiger partial charge in [0.2, 0.25) is 0 Å². The highest BCUT2D eigenvalue weighted by Gasteiger charge is 2.03. The highest BCUT2D eigenvalue weighted by molar-refractivity contribution is 8.76. The van der Waals surface area contributed by atoms with Crippen molar-refractivity contribution in [1.29, 1.82) is 0 Å². The Morgan fingerprint density at radius 2 is 0.917 bits per heavy atom. The quantitative estimate of drug-likeness (QED) is 0.459. The van der Waals surface area contributed by atoms with E-state index in [9.17, 15) is 9.59 Å². The molecule has 0 fully saturated rings. The monoisotopic (exact) mass is 398 g/mol. The molecule has 0 aromatic heterocycles. The summed E-state index contributed by atoms with van der Waals surface area (Å²) in [6.45, 7) is 0. The molecule has 0 saturated carbocycles. The minimum Gasteiger partial charge on any atom is -0.481 e.